The van der Waals surface area contributed by atoms with Crippen LogP contribution >= 0.6 is 12.4 Å². The molecule has 1 atom stereocenters. The van der Waals surface area contributed by atoms with Gasteiger partial charge in [0, 0.05) is 20.2 Å². The SMILES string of the molecule is CNCC1CCCN(C(=O)COCCOC)C1.Cl. The van der Waals surface area contributed by atoms with Crippen LogP contribution in [0.1, 0.15) is 12.8 Å². The lowest BCUT2D eigenvalue weighted by molar-refractivity contribution is -0.138. The van der Waals surface area contributed by atoms with Gasteiger partial charge >= 0.3 is 0 Å². The fourth-order valence-corrected chi connectivity index (χ4v) is 2.14. The van der Waals surface area contributed by atoms with Crippen molar-refractivity contribution < 1.29 is 14.3 Å². The van der Waals surface area contributed by atoms with E-state index in [1.807, 2.05) is 11.9 Å². The lowest BCUT2D eigenvalue weighted by Gasteiger charge is -2.32. The minimum absolute atomic E-state index is 0. The zero-order valence-corrected chi connectivity index (χ0v) is 12.1. The van der Waals surface area contributed by atoms with Gasteiger partial charge in [0.25, 0.3) is 0 Å². The topological polar surface area (TPSA) is 50.8 Å². The number of likely N-dealkylation sites (tertiary alicyclic amines) is 1. The summed E-state index contributed by atoms with van der Waals surface area (Å²) in [5.41, 5.74) is 0. The molecule has 0 radical (unpaired) electrons. The standard InChI is InChI=1S/C12H24N2O3.ClH/c1-13-8-11-4-3-5-14(9-11)12(15)10-17-7-6-16-2;/h11,13H,3-10H2,1-2H3;1H. The predicted molar refractivity (Wildman–Crippen MR) is 73.2 cm³/mol. The van der Waals surface area contributed by atoms with E-state index in [0.717, 1.165) is 26.1 Å². The number of piperidine rings is 1. The number of halogens is 1. The third kappa shape index (κ3) is 6.54. The van der Waals surface area contributed by atoms with E-state index in [0.29, 0.717) is 19.1 Å². The lowest BCUT2D eigenvalue weighted by Crippen LogP contribution is -2.44. The predicted octanol–water partition coefficient (Wildman–Crippen LogP) is 0.529. The Morgan fingerprint density at radius 1 is 1.44 bits per heavy atom. The van der Waals surface area contributed by atoms with Crippen molar-refractivity contribution in [2.75, 3.05) is 53.6 Å². The number of hydrogen-bond donors (Lipinski definition) is 1. The van der Waals surface area contributed by atoms with Crippen LogP contribution in [0.25, 0.3) is 0 Å². The lowest BCUT2D eigenvalue weighted by atomic mass is 9.98. The molecule has 0 bridgehead atoms. The number of nitrogens with one attached hydrogen (secondary N) is 1. The van der Waals surface area contributed by atoms with Gasteiger partial charge in [-0.25, -0.2) is 0 Å². The van der Waals surface area contributed by atoms with Gasteiger partial charge < -0.3 is 19.7 Å². The van der Waals surface area contributed by atoms with Gasteiger partial charge in [0.05, 0.1) is 13.2 Å². The van der Waals surface area contributed by atoms with Crippen LogP contribution in [-0.4, -0.2) is 64.4 Å². The maximum absolute atomic E-state index is 11.9. The maximum Gasteiger partial charge on any atom is 0.248 e. The quantitative estimate of drug-likeness (QED) is 0.691. The van der Waals surface area contributed by atoms with Crippen molar-refractivity contribution in [3.8, 4) is 0 Å². The summed E-state index contributed by atoms with van der Waals surface area (Å²) >= 11 is 0. The van der Waals surface area contributed by atoms with Gasteiger partial charge in [-0.2, -0.15) is 0 Å². The molecule has 18 heavy (non-hydrogen) atoms. The van der Waals surface area contributed by atoms with Crippen molar-refractivity contribution in [2.45, 2.75) is 12.8 Å². The zero-order valence-electron chi connectivity index (χ0n) is 11.3. The number of carbonyl (C=O) groups excluding carboxylic acids is 1. The fraction of sp³-hybridized carbons (Fsp3) is 0.917. The van der Waals surface area contributed by atoms with Crippen molar-refractivity contribution in [3.63, 3.8) is 0 Å². The third-order valence-corrected chi connectivity index (χ3v) is 3.02. The van der Waals surface area contributed by atoms with E-state index in [9.17, 15) is 4.79 Å². The van der Waals surface area contributed by atoms with E-state index in [2.05, 4.69) is 5.32 Å². The molecule has 1 rings (SSSR count). The summed E-state index contributed by atoms with van der Waals surface area (Å²) in [7, 11) is 3.58. The molecule has 0 aromatic heterocycles. The summed E-state index contributed by atoms with van der Waals surface area (Å²) in [6.07, 6.45) is 2.30. The summed E-state index contributed by atoms with van der Waals surface area (Å²) in [5.74, 6) is 0.679. The smallest absolute Gasteiger partial charge is 0.248 e. The first-order valence-electron chi connectivity index (χ1n) is 6.27. The molecule has 1 unspecified atom stereocenters. The number of ether oxygens (including phenoxy) is 2. The monoisotopic (exact) mass is 280 g/mol. The van der Waals surface area contributed by atoms with Crippen LogP contribution in [-0.2, 0) is 14.3 Å². The summed E-state index contributed by atoms with van der Waals surface area (Å²) < 4.78 is 10.1. The van der Waals surface area contributed by atoms with Gasteiger partial charge in [-0.15, -0.1) is 12.4 Å². The van der Waals surface area contributed by atoms with Gasteiger partial charge in [0.1, 0.15) is 6.61 Å². The Morgan fingerprint density at radius 2 is 2.22 bits per heavy atom. The summed E-state index contributed by atoms with van der Waals surface area (Å²) in [6, 6.07) is 0. The highest BCUT2D eigenvalue weighted by Crippen LogP contribution is 2.15. The summed E-state index contributed by atoms with van der Waals surface area (Å²) in [6.45, 7) is 3.90. The van der Waals surface area contributed by atoms with Crippen molar-refractivity contribution in [1.82, 2.24) is 10.2 Å². The Hall–Kier alpha value is -0.360. The van der Waals surface area contributed by atoms with E-state index < -0.39 is 0 Å². The van der Waals surface area contributed by atoms with Crippen LogP contribution in [0.3, 0.4) is 0 Å². The average Bonchev–Trinajstić information content (AvgIpc) is 2.35. The maximum atomic E-state index is 11.9. The minimum atomic E-state index is 0. The number of hydrogen-bond acceptors (Lipinski definition) is 4. The van der Waals surface area contributed by atoms with Gasteiger partial charge in [-0.05, 0) is 32.4 Å². The second kappa shape index (κ2) is 10.6. The molecule has 1 saturated heterocycles. The third-order valence-electron chi connectivity index (χ3n) is 3.02. The Labute approximate surface area is 116 Å². The van der Waals surface area contributed by atoms with Crippen LogP contribution in [0.4, 0.5) is 0 Å². The fourth-order valence-electron chi connectivity index (χ4n) is 2.14. The van der Waals surface area contributed by atoms with Crippen molar-refractivity contribution in [3.05, 3.63) is 0 Å². The first kappa shape index (κ1) is 17.6. The molecule has 0 saturated carbocycles. The molecule has 1 amide bonds. The molecular weight excluding hydrogens is 256 g/mol. The molecule has 1 aliphatic rings. The minimum Gasteiger partial charge on any atom is -0.382 e. The molecule has 0 aliphatic carbocycles. The van der Waals surface area contributed by atoms with Crippen LogP contribution in [0.2, 0.25) is 0 Å². The Bertz CT molecular complexity index is 227. The molecule has 6 heteroatoms. The molecular formula is C12H25ClN2O3. The Kier molecular flexibility index (Phi) is 10.3. The van der Waals surface area contributed by atoms with Crippen LogP contribution < -0.4 is 5.32 Å². The van der Waals surface area contributed by atoms with Gasteiger partial charge in [-0.3, -0.25) is 4.79 Å². The molecule has 0 aromatic rings. The number of nitrogens with zero attached hydrogens (tertiary/aromatic N) is 1. The molecule has 1 aliphatic heterocycles. The van der Waals surface area contributed by atoms with Gasteiger partial charge in [0.15, 0.2) is 0 Å². The number of carbonyl (C=O) groups is 1. The highest BCUT2D eigenvalue weighted by atomic mass is 35.5. The summed E-state index contributed by atoms with van der Waals surface area (Å²) in [5, 5.41) is 3.17. The first-order valence-corrected chi connectivity index (χ1v) is 6.27. The Balaban J connectivity index is 0.00000289. The molecule has 0 aromatic carbocycles. The van der Waals surface area contributed by atoms with Crippen molar-refractivity contribution in [2.24, 2.45) is 5.92 Å². The zero-order chi connectivity index (χ0) is 12.5. The number of amides is 1. The van der Waals surface area contributed by atoms with E-state index >= 15 is 0 Å². The largest absolute Gasteiger partial charge is 0.382 e. The van der Waals surface area contributed by atoms with Gasteiger partial charge in [-0.1, -0.05) is 0 Å². The van der Waals surface area contributed by atoms with E-state index in [4.69, 9.17) is 9.47 Å². The van der Waals surface area contributed by atoms with Crippen molar-refractivity contribution in [1.29, 1.82) is 0 Å². The second-order valence-electron chi connectivity index (χ2n) is 4.45. The van der Waals surface area contributed by atoms with Crippen molar-refractivity contribution >= 4 is 18.3 Å². The van der Waals surface area contributed by atoms with Crippen LogP contribution in [0, 0.1) is 5.92 Å². The number of methoxy groups -OCH3 is 1. The molecule has 108 valence electrons. The molecule has 0 spiro atoms. The van der Waals surface area contributed by atoms with E-state index in [-0.39, 0.29) is 24.9 Å². The van der Waals surface area contributed by atoms with Crippen LogP contribution in [0.15, 0.2) is 0 Å². The van der Waals surface area contributed by atoms with E-state index in [1.165, 1.54) is 6.42 Å². The molecule has 1 heterocycles. The first-order chi connectivity index (χ1) is 8.27. The molecule has 5 nitrogen and oxygen atoms in total. The molecule has 1 fully saturated rings. The highest BCUT2D eigenvalue weighted by molar-refractivity contribution is 5.85. The van der Waals surface area contributed by atoms with E-state index in [1.54, 1.807) is 7.11 Å². The Morgan fingerprint density at radius 3 is 2.89 bits per heavy atom. The average molecular weight is 281 g/mol. The van der Waals surface area contributed by atoms with Gasteiger partial charge in [0.2, 0.25) is 5.91 Å². The van der Waals surface area contributed by atoms with Crippen LogP contribution in [0.5, 0.6) is 0 Å². The molecule has 1 N–H and O–H groups in total. The highest BCUT2D eigenvalue weighted by Gasteiger charge is 2.22. The normalized spacial score (nSPS) is 19.4. The second-order valence-corrected chi connectivity index (χ2v) is 4.45. The number of rotatable bonds is 7. The summed E-state index contributed by atoms with van der Waals surface area (Å²) in [4.78, 5) is 13.8.